The second-order valence-corrected chi connectivity index (χ2v) is 5.47. The van der Waals surface area contributed by atoms with Gasteiger partial charge in [0.25, 0.3) is 5.91 Å². The van der Waals surface area contributed by atoms with Crippen molar-refractivity contribution in [2.75, 3.05) is 19.1 Å². The number of anilines is 1. The molecule has 2 aromatic rings. The van der Waals surface area contributed by atoms with E-state index in [9.17, 15) is 4.79 Å². The molecular formula is C16H16BrNO2. The van der Waals surface area contributed by atoms with Crippen LogP contribution in [0.4, 0.5) is 5.69 Å². The van der Waals surface area contributed by atoms with E-state index in [2.05, 4.69) is 15.9 Å². The second kappa shape index (κ2) is 6.09. The molecule has 20 heavy (non-hydrogen) atoms. The van der Waals surface area contributed by atoms with E-state index in [0.29, 0.717) is 11.3 Å². The number of ether oxygens (including phenoxy) is 1. The van der Waals surface area contributed by atoms with E-state index >= 15 is 0 Å². The van der Waals surface area contributed by atoms with Crippen LogP contribution in [0.25, 0.3) is 0 Å². The molecule has 3 nitrogen and oxygen atoms in total. The third-order valence-electron chi connectivity index (χ3n) is 3.04. The quantitative estimate of drug-likeness (QED) is 0.848. The SMILES string of the molecule is COc1ccccc1N(C)C(=O)c1cc(C)cc(Br)c1. The van der Waals surface area contributed by atoms with Gasteiger partial charge in [0.2, 0.25) is 0 Å². The van der Waals surface area contributed by atoms with Crippen molar-refractivity contribution >= 4 is 27.5 Å². The van der Waals surface area contributed by atoms with Crippen LogP contribution in [0.5, 0.6) is 5.75 Å². The molecule has 0 bridgehead atoms. The molecule has 0 saturated heterocycles. The van der Waals surface area contributed by atoms with Crippen LogP contribution < -0.4 is 9.64 Å². The maximum atomic E-state index is 12.6. The third kappa shape index (κ3) is 3.02. The van der Waals surface area contributed by atoms with Crippen molar-refractivity contribution in [1.29, 1.82) is 0 Å². The molecule has 0 saturated carbocycles. The van der Waals surface area contributed by atoms with Crippen LogP contribution in [0.2, 0.25) is 0 Å². The van der Waals surface area contributed by atoms with Crippen molar-refractivity contribution in [3.05, 3.63) is 58.1 Å². The molecule has 0 spiro atoms. The monoisotopic (exact) mass is 333 g/mol. The van der Waals surface area contributed by atoms with E-state index in [1.807, 2.05) is 49.4 Å². The maximum absolute atomic E-state index is 12.6. The summed E-state index contributed by atoms with van der Waals surface area (Å²) in [5.41, 5.74) is 2.43. The van der Waals surface area contributed by atoms with Gasteiger partial charge in [-0.3, -0.25) is 4.79 Å². The Morgan fingerprint density at radius 3 is 2.55 bits per heavy atom. The number of methoxy groups -OCH3 is 1. The van der Waals surface area contributed by atoms with Gasteiger partial charge in [-0.2, -0.15) is 0 Å². The van der Waals surface area contributed by atoms with E-state index in [4.69, 9.17) is 4.74 Å². The number of para-hydroxylation sites is 2. The molecule has 2 aromatic carbocycles. The predicted octanol–water partition coefficient (Wildman–Crippen LogP) is 4.04. The number of benzene rings is 2. The molecule has 0 aliphatic rings. The van der Waals surface area contributed by atoms with Crippen molar-refractivity contribution in [3.63, 3.8) is 0 Å². The van der Waals surface area contributed by atoms with Crippen molar-refractivity contribution in [1.82, 2.24) is 0 Å². The fourth-order valence-electron chi connectivity index (χ4n) is 2.07. The molecule has 0 atom stereocenters. The summed E-state index contributed by atoms with van der Waals surface area (Å²) in [7, 11) is 3.34. The Morgan fingerprint density at radius 1 is 1.20 bits per heavy atom. The normalized spacial score (nSPS) is 10.2. The molecule has 1 amide bonds. The van der Waals surface area contributed by atoms with Crippen LogP contribution in [0.3, 0.4) is 0 Å². The van der Waals surface area contributed by atoms with Gasteiger partial charge in [0.05, 0.1) is 12.8 Å². The zero-order chi connectivity index (χ0) is 14.7. The minimum atomic E-state index is -0.0705. The lowest BCUT2D eigenvalue weighted by atomic mass is 10.1. The molecule has 2 rings (SSSR count). The van der Waals surface area contributed by atoms with Crippen LogP contribution in [-0.2, 0) is 0 Å². The number of carbonyl (C=O) groups is 1. The number of hydrogen-bond donors (Lipinski definition) is 0. The highest BCUT2D eigenvalue weighted by Crippen LogP contribution is 2.28. The lowest BCUT2D eigenvalue weighted by molar-refractivity contribution is 0.0992. The Bertz CT molecular complexity index is 620. The van der Waals surface area contributed by atoms with Crippen LogP contribution >= 0.6 is 15.9 Å². The number of carbonyl (C=O) groups excluding carboxylic acids is 1. The number of halogens is 1. The van der Waals surface area contributed by atoms with Gasteiger partial charge in [-0.25, -0.2) is 0 Å². The fraction of sp³-hybridized carbons (Fsp3) is 0.188. The Hall–Kier alpha value is -1.81. The van der Waals surface area contributed by atoms with E-state index < -0.39 is 0 Å². The summed E-state index contributed by atoms with van der Waals surface area (Å²) in [6.07, 6.45) is 0. The Kier molecular flexibility index (Phi) is 4.45. The molecule has 4 heteroatoms. The summed E-state index contributed by atoms with van der Waals surface area (Å²) >= 11 is 3.42. The lowest BCUT2D eigenvalue weighted by Crippen LogP contribution is -2.26. The molecule has 0 fully saturated rings. The lowest BCUT2D eigenvalue weighted by Gasteiger charge is -2.20. The molecule has 0 heterocycles. The highest BCUT2D eigenvalue weighted by atomic mass is 79.9. The van der Waals surface area contributed by atoms with Gasteiger partial charge in [0.1, 0.15) is 5.75 Å². The highest BCUT2D eigenvalue weighted by Gasteiger charge is 2.17. The largest absolute Gasteiger partial charge is 0.495 e. The summed E-state index contributed by atoms with van der Waals surface area (Å²) in [5, 5.41) is 0. The van der Waals surface area contributed by atoms with E-state index in [0.717, 1.165) is 15.7 Å². The van der Waals surface area contributed by atoms with Crippen LogP contribution in [0.1, 0.15) is 15.9 Å². The standard InChI is InChI=1S/C16H16BrNO2/c1-11-8-12(10-13(17)9-11)16(19)18(2)14-6-4-5-7-15(14)20-3/h4-10H,1-3H3. The minimum absolute atomic E-state index is 0.0705. The Balaban J connectivity index is 2.37. The fourth-order valence-corrected chi connectivity index (χ4v) is 2.68. The minimum Gasteiger partial charge on any atom is -0.495 e. The zero-order valence-electron chi connectivity index (χ0n) is 11.7. The summed E-state index contributed by atoms with van der Waals surface area (Å²) < 4.78 is 6.19. The highest BCUT2D eigenvalue weighted by molar-refractivity contribution is 9.10. The van der Waals surface area contributed by atoms with Crippen LogP contribution in [-0.4, -0.2) is 20.1 Å². The summed E-state index contributed by atoms with van der Waals surface area (Å²) in [5.74, 6) is 0.606. The van der Waals surface area contributed by atoms with E-state index in [-0.39, 0.29) is 5.91 Å². The molecule has 0 aliphatic carbocycles. The van der Waals surface area contributed by atoms with Gasteiger partial charge in [-0.15, -0.1) is 0 Å². The first-order valence-corrected chi connectivity index (χ1v) is 7.00. The smallest absolute Gasteiger partial charge is 0.258 e. The van der Waals surface area contributed by atoms with Gasteiger partial charge >= 0.3 is 0 Å². The average Bonchev–Trinajstić information content (AvgIpc) is 2.44. The molecular weight excluding hydrogens is 318 g/mol. The zero-order valence-corrected chi connectivity index (χ0v) is 13.3. The van der Waals surface area contributed by atoms with Crippen LogP contribution in [0.15, 0.2) is 46.9 Å². The molecule has 104 valence electrons. The number of amides is 1. The first kappa shape index (κ1) is 14.6. The third-order valence-corrected chi connectivity index (χ3v) is 3.50. The molecule has 0 unspecified atom stereocenters. The van der Waals surface area contributed by atoms with Crippen LogP contribution in [0, 0.1) is 6.92 Å². The first-order valence-electron chi connectivity index (χ1n) is 6.21. The molecule has 0 aromatic heterocycles. The van der Waals surface area contributed by atoms with E-state index in [1.54, 1.807) is 19.1 Å². The van der Waals surface area contributed by atoms with Gasteiger partial charge < -0.3 is 9.64 Å². The molecule has 0 radical (unpaired) electrons. The molecule has 0 N–H and O–H groups in total. The Morgan fingerprint density at radius 2 is 1.90 bits per heavy atom. The number of hydrogen-bond acceptors (Lipinski definition) is 2. The second-order valence-electron chi connectivity index (χ2n) is 4.55. The van der Waals surface area contributed by atoms with Crippen molar-refractivity contribution in [3.8, 4) is 5.75 Å². The van der Waals surface area contributed by atoms with Gasteiger partial charge in [-0.05, 0) is 42.8 Å². The topological polar surface area (TPSA) is 29.5 Å². The summed E-state index contributed by atoms with van der Waals surface area (Å²) in [4.78, 5) is 14.2. The first-order chi connectivity index (χ1) is 9.52. The van der Waals surface area contributed by atoms with Crippen molar-refractivity contribution in [2.45, 2.75) is 6.92 Å². The predicted molar refractivity (Wildman–Crippen MR) is 84.6 cm³/mol. The van der Waals surface area contributed by atoms with E-state index in [1.165, 1.54) is 0 Å². The molecule has 0 aliphatic heterocycles. The van der Waals surface area contributed by atoms with Crippen molar-refractivity contribution < 1.29 is 9.53 Å². The number of aryl methyl sites for hydroxylation is 1. The summed E-state index contributed by atoms with van der Waals surface area (Å²) in [6.45, 7) is 1.96. The summed E-state index contributed by atoms with van der Waals surface area (Å²) in [6, 6.07) is 13.1. The van der Waals surface area contributed by atoms with Gasteiger partial charge in [0.15, 0.2) is 0 Å². The number of rotatable bonds is 3. The van der Waals surface area contributed by atoms with Crippen molar-refractivity contribution in [2.24, 2.45) is 0 Å². The van der Waals surface area contributed by atoms with Gasteiger partial charge in [-0.1, -0.05) is 28.1 Å². The maximum Gasteiger partial charge on any atom is 0.258 e. The Labute approximate surface area is 127 Å². The van der Waals surface area contributed by atoms with Gasteiger partial charge in [0, 0.05) is 17.1 Å². The average molecular weight is 334 g/mol. The number of nitrogens with zero attached hydrogens (tertiary/aromatic N) is 1.